The number of hydrogen-bond acceptors (Lipinski definition) is 3. The Labute approximate surface area is 113 Å². The third-order valence-corrected chi connectivity index (χ3v) is 3.49. The van der Waals surface area contributed by atoms with Gasteiger partial charge in [0.1, 0.15) is 11.3 Å². The Bertz CT molecular complexity index is 547. The van der Waals surface area contributed by atoms with Crippen LogP contribution < -0.4 is 0 Å². The second-order valence-corrected chi connectivity index (χ2v) is 5.21. The molecule has 2 rings (SSSR count). The highest BCUT2D eigenvalue weighted by Crippen LogP contribution is 2.17. The summed E-state index contributed by atoms with van der Waals surface area (Å²) >= 11 is 5.98. The molecule has 0 aromatic carbocycles. The van der Waals surface area contributed by atoms with Gasteiger partial charge in [0.05, 0.1) is 5.88 Å². The largest absolute Gasteiger partial charge is 0.310 e. The first-order valence-electron chi connectivity index (χ1n) is 6.07. The Morgan fingerprint density at radius 3 is 2.78 bits per heavy atom. The minimum Gasteiger partial charge on any atom is -0.310 e. The zero-order valence-corrected chi connectivity index (χ0v) is 12.1. The molecule has 0 spiro atoms. The van der Waals surface area contributed by atoms with Crippen molar-refractivity contribution in [1.82, 2.24) is 19.4 Å². The van der Waals surface area contributed by atoms with Gasteiger partial charge in [-0.3, -0.25) is 0 Å². The van der Waals surface area contributed by atoms with Crippen LogP contribution in [0.5, 0.6) is 0 Å². The van der Waals surface area contributed by atoms with Crippen molar-refractivity contribution in [1.29, 1.82) is 0 Å². The number of fused-ring (bicyclic) bond motifs is 1. The predicted octanol–water partition coefficient (Wildman–Crippen LogP) is 2.43. The number of imidazole rings is 1. The molecule has 1 unspecified atom stereocenters. The predicted molar refractivity (Wildman–Crippen MR) is 75.0 cm³/mol. The van der Waals surface area contributed by atoms with Gasteiger partial charge in [0.15, 0.2) is 5.65 Å². The maximum absolute atomic E-state index is 5.98. The summed E-state index contributed by atoms with van der Waals surface area (Å²) in [5, 5.41) is 0. The van der Waals surface area contributed by atoms with Crippen molar-refractivity contribution in [3.05, 3.63) is 23.7 Å². The summed E-state index contributed by atoms with van der Waals surface area (Å²) in [5.41, 5.74) is 2.97. The van der Waals surface area contributed by atoms with E-state index in [1.165, 1.54) is 0 Å². The van der Waals surface area contributed by atoms with Gasteiger partial charge in [-0.05, 0) is 39.6 Å². The number of halogens is 1. The summed E-state index contributed by atoms with van der Waals surface area (Å²) < 4.78 is 2.12. The molecule has 2 aromatic rings. The molecule has 0 saturated carbocycles. The highest BCUT2D eigenvalue weighted by Gasteiger charge is 2.14. The minimum atomic E-state index is 0.410. The number of aryl methyl sites for hydroxylation is 1. The quantitative estimate of drug-likeness (QED) is 0.797. The van der Waals surface area contributed by atoms with Crippen molar-refractivity contribution in [2.45, 2.75) is 32.3 Å². The van der Waals surface area contributed by atoms with Crippen molar-refractivity contribution in [3.63, 3.8) is 0 Å². The number of rotatable bonds is 4. The van der Waals surface area contributed by atoms with Gasteiger partial charge in [-0.15, -0.1) is 11.6 Å². The van der Waals surface area contributed by atoms with Crippen LogP contribution in [0.15, 0.2) is 12.3 Å². The van der Waals surface area contributed by atoms with Gasteiger partial charge < -0.3 is 9.47 Å². The van der Waals surface area contributed by atoms with Crippen molar-refractivity contribution in [2.24, 2.45) is 0 Å². The summed E-state index contributed by atoms with van der Waals surface area (Å²) in [6.45, 7) is 5.05. The second-order valence-electron chi connectivity index (χ2n) is 4.94. The van der Waals surface area contributed by atoms with Gasteiger partial charge in [0, 0.05) is 18.8 Å². The van der Waals surface area contributed by atoms with Crippen molar-refractivity contribution >= 4 is 22.8 Å². The molecule has 0 bridgehead atoms. The van der Waals surface area contributed by atoms with Crippen LogP contribution in [-0.4, -0.2) is 39.6 Å². The van der Waals surface area contributed by atoms with E-state index in [2.05, 4.69) is 46.5 Å². The topological polar surface area (TPSA) is 34.0 Å². The lowest BCUT2D eigenvalue weighted by Crippen LogP contribution is -2.29. The van der Waals surface area contributed by atoms with E-state index < -0.39 is 0 Å². The molecule has 98 valence electrons. The third-order valence-electron chi connectivity index (χ3n) is 3.25. The van der Waals surface area contributed by atoms with E-state index in [0.29, 0.717) is 11.9 Å². The van der Waals surface area contributed by atoms with Gasteiger partial charge in [-0.2, -0.15) is 0 Å². The highest BCUT2D eigenvalue weighted by atomic mass is 35.5. The molecule has 0 radical (unpaired) electrons. The van der Waals surface area contributed by atoms with Gasteiger partial charge in [-0.25, -0.2) is 9.97 Å². The Morgan fingerprint density at radius 2 is 2.17 bits per heavy atom. The Morgan fingerprint density at radius 1 is 1.44 bits per heavy atom. The van der Waals surface area contributed by atoms with Gasteiger partial charge >= 0.3 is 0 Å². The van der Waals surface area contributed by atoms with E-state index in [0.717, 1.165) is 29.1 Å². The van der Waals surface area contributed by atoms with Crippen LogP contribution in [0.1, 0.15) is 18.3 Å². The number of aromatic nitrogens is 3. The molecule has 0 saturated heterocycles. The van der Waals surface area contributed by atoms with E-state index in [1.54, 1.807) is 0 Å². The molecule has 0 aliphatic heterocycles. The molecule has 5 heteroatoms. The number of nitrogens with zero attached hydrogens (tertiary/aromatic N) is 4. The summed E-state index contributed by atoms with van der Waals surface area (Å²) in [5.74, 6) is 1.30. The maximum atomic E-state index is 5.98. The minimum absolute atomic E-state index is 0.410. The van der Waals surface area contributed by atoms with Crippen LogP contribution in [0.25, 0.3) is 11.2 Å². The Balaban J connectivity index is 2.47. The van der Waals surface area contributed by atoms with E-state index >= 15 is 0 Å². The van der Waals surface area contributed by atoms with Gasteiger partial charge in [0.25, 0.3) is 0 Å². The number of alkyl halides is 1. The average Bonchev–Trinajstić information content (AvgIpc) is 2.66. The molecular formula is C13H19ClN4. The molecule has 0 N–H and O–H groups in total. The standard InChI is InChI=1S/C13H19ClN4/c1-9-5-11-13(15-7-9)18(12(6-14)16-11)8-10(2)17(3)4/h5,7,10H,6,8H2,1-4H3. The summed E-state index contributed by atoms with van der Waals surface area (Å²) in [7, 11) is 4.14. The molecule has 0 fully saturated rings. The fourth-order valence-electron chi connectivity index (χ4n) is 1.88. The molecule has 18 heavy (non-hydrogen) atoms. The number of likely N-dealkylation sites (N-methyl/N-ethyl adjacent to an activating group) is 1. The monoisotopic (exact) mass is 266 g/mol. The van der Waals surface area contributed by atoms with E-state index in [-0.39, 0.29) is 0 Å². The summed E-state index contributed by atoms with van der Waals surface area (Å²) in [6, 6.07) is 2.46. The molecule has 4 nitrogen and oxygen atoms in total. The smallest absolute Gasteiger partial charge is 0.160 e. The van der Waals surface area contributed by atoms with Crippen LogP contribution in [0.3, 0.4) is 0 Å². The molecule has 2 heterocycles. The molecule has 0 aliphatic carbocycles. The highest BCUT2D eigenvalue weighted by molar-refractivity contribution is 6.16. The van der Waals surface area contributed by atoms with Gasteiger partial charge in [-0.1, -0.05) is 0 Å². The molecule has 0 amide bonds. The summed E-state index contributed by atoms with van der Waals surface area (Å²) in [4.78, 5) is 11.2. The lowest BCUT2D eigenvalue weighted by Gasteiger charge is -2.21. The SMILES string of the molecule is Cc1cnc2c(c1)nc(CCl)n2CC(C)N(C)C. The number of pyridine rings is 1. The first kappa shape index (κ1) is 13.3. The normalized spacial score (nSPS) is 13.4. The van der Waals surface area contributed by atoms with Crippen LogP contribution in [0, 0.1) is 6.92 Å². The zero-order valence-electron chi connectivity index (χ0n) is 11.3. The van der Waals surface area contributed by atoms with E-state index in [4.69, 9.17) is 11.6 Å². The van der Waals surface area contributed by atoms with Crippen LogP contribution in [-0.2, 0) is 12.4 Å². The lowest BCUT2D eigenvalue weighted by atomic mass is 10.3. The van der Waals surface area contributed by atoms with Crippen LogP contribution in [0.4, 0.5) is 0 Å². The Kier molecular flexibility index (Phi) is 3.88. The third kappa shape index (κ3) is 2.49. The second kappa shape index (κ2) is 5.24. The van der Waals surface area contributed by atoms with Gasteiger partial charge in [0.2, 0.25) is 0 Å². The first-order valence-corrected chi connectivity index (χ1v) is 6.60. The molecule has 1 atom stereocenters. The van der Waals surface area contributed by atoms with Crippen molar-refractivity contribution in [3.8, 4) is 0 Å². The van der Waals surface area contributed by atoms with E-state index in [9.17, 15) is 0 Å². The zero-order chi connectivity index (χ0) is 13.3. The molecular weight excluding hydrogens is 248 g/mol. The molecule has 0 aliphatic rings. The first-order chi connectivity index (χ1) is 8.52. The van der Waals surface area contributed by atoms with Crippen LogP contribution in [0.2, 0.25) is 0 Å². The molecule has 2 aromatic heterocycles. The summed E-state index contributed by atoms with van der Waals surface area (Å²) in [6.07, 6.45) is 1.87. The fraction of sp³-hybridized carbons (Fsp3) is 0.538. The number of hydrogen-bond donors (Lipinski definition) is 0. The lowest BCUT2D eigenvalue weighted by molar-refractivity contribution is 0.284. The van der Waals surface area contributed by atoms with Crippen molar-refractivity contribution < 1.29 is 0 Å². The fourth-order valence-corrected chi connectivity index (χ4v) is 2.08. The van der Waals surface area contributed by atoms with Crippen molar-refractivity contribution in [2.75, 3.05) is 14.1 Å². The maximum Gasteiger partial charge on any atom is 0.160 e. The van der Waals surface area contributed by atoms with E-state index in [1.807, 2.05) is 13.1 Å². The van der Waals surface area contributed by atoms with Crippen LogP contribution >= 0.6 is 11.6 Å². The average molecular weight is 267 g/mol. The Hall–Kier alpha value is -1.13.